The number of methoxy groups -OCH3 is 1. The molecule has 0 bridgehead atoms. The molecule has 4 aromatic heterocycles. The van der Waals surface area contributed by atoms with Crippen LogP contribution in [-0.4, -0.2) is 38.8 Å². The van der Waals surface area contributed by atoms with Crippen molar-refractivity contribution in [1.82, 2.24) is 19.9 Å². The number of carbonyl (C=O) groups is 2. The van der Waals surface area contributed by atoms with Gasteiger partial charge in [-0.1, -0.05) is 12.1 Å². The van der Waals surface area contributed by atoms with Crippen LogP contribution >= 0.6 is 11.3 Å². The number of hydrogen-bond donors (Lipinski definition) is 0. The van der Waals surface area contributed by atoms with Gasteiger partial charge < -0.3 is 14.1 Å². The van der Waals surface area contributed by atoms with Crippen LogP contribution in [0.5, 0.6) is 0 Å². The van der Waals surface area contributed by atoms with Gasteiger partial charge in [0.15, 0.2) is 0 Å². The Bertz CT molecular complexity index is 1220. The normalized spacial score (nSPS) is 11.7. The van der Waals surface area contributed by atoms with Crippen LogP contribution in [0.15, 0.2) is 70.9 Å². The molecule has 0 fully saturated rings. The molecule has 4 heterocycles. The molecular weight excluding hydrogens is 440 g/mol. The van der Waals surface area contributed by atoms with Crippen molar-refractivity contribution >= 4 is 23.2 Å². The maximum absolute atomic E-state index is 13.5. The first-order valence-electron chi connectivity index (χ1n) is 10.3. The molecule has 4 rings (SSSR count). The lowest BCUT2D eigenvalue weighted by molar-refractivity contribution is -0.133. The molecule has 0 N–H and O–H groups in total. The number of pyridine rings is 2. The predicted octanol–water partition coefficient (Wildman–Crippen LogP) is 4.31. The molecule has 0 spiro atoms. The van der Waals surface area contributed by atoms with Gasteiger partial charge in [0.2, 0.25) is 11.7 Å². The first-order chi connectivity index (χ1) is 16.1. The lowest BCUT2D eigenvalue weighted by Crippen LogP contribution is -2.35. The Balaban J connectivity index is 1.59. The molecule has 0 aliphatic carbocycles. The third-order valence-corrected chi connectivity index (χ3v) is 6.04. The zero-order valence-corrected chi connectivity index (χ0v) is 19.0. The molecule has 0 saturated carbocycles. The number of aromatic nitrogens is 3. The van der Waals surface area contributed by atoms with E-state index >= 15 is 0 Å². The summed E-state index contributed by atoms with van der Waals surface area (Å²) >= 11 is 1.44. The molecule has 0 aliphatic rings. The average molecular weight is 463 g/mol. The summed E-state index contributed by atoms with van der Waals surface area (Å²) in [7, 11) is 1.29. The highest BCUT2D eigenvalue weighted by Gasteiger charge is 2.27. The molecule has 1 atom stereocenters. The number of thiazole rings is 1. The first-order valence-corrected chi connectivity index (χ1v) is 11.2. The van der Waals surface area contributed by atoms with Crippen molar-refractivity contribution in [2.75, 3.05) is 7.11 Å². The SMILES string of the molecule is COC(=O)c1occc1CN(C(=O)Cc1csc(-c2ccccn2)n1)[C@@H](C)c1ccccn1. The van der Waals surface area contributed by atoms with Gasteiger partial charge in [0.05, 0.1) is 49.5 Å². The summed E-state index contributed by atoms with van der Waals surface area (Å²) in [5.41, 5.74) is 2.72. The van der Waals surface area contributed by atoms with E-state index in [2.05, 4.69) is 15.0 Å². The van der Waals surface area contributed by atoms with E-state index in [0.29, 0.717) is 11.3 Å². The molecule has 0 unspecified atom stereocenters. The van der Waals surface area contributed by atoms with Crippen LogP contribution < -0.4 is 0 Å². The van der Waals surface area contributed by atoms with Gasteiger partial charge in [-0.25, -0.2) is 9.78 Å². The summed E-state index contributed by atoms with van der Waals surface area (Å²) in [6.07, 6.45) is 4.91. The quantitative estimate of drug-likeness (QED) is 0.360. The van der Waals surface area contributed by atoms with Crippen LogP contribution in [0.4, 0.5) is 0 Å². The number of rotatable bonds is 8. The molecule has 168 valence electrons. The molecule has 33 heavy (non-hydrogen) atoms. The van der Waals surface area contributed by atoms with Crippen molar-refractivity contribution in [2.45, 2.75) is 25.9 Å². The summed E-state index contributed by atoms with van der Waals surface area (Å²) in [5, 5.41) is 2.62. The van der Waals surface area contributed by atoms with Gasteiger partial charge in [-0.2, -0.15) is 0 Å². The minimum absolute atomic E-state index is 0.0783. The summed E-state index contributed by atoms with van der Waals surface area (Å²) in [4.78, 5) is 40.5. The average Bonchev–Trinajstić information content (AvgIpc) is 3.52. The van der Waals surface area contributed by atoms with Crippen molar-refractivity contribution in [3.63, 3.8) is 0 Å². The molecule has 0 saturated heterocycles. The summed E-state index contributed by atoms with van der Waals surface area (Å²) in [6, 6.07) is 12.5. The van der Waals surface area contributed by atoms with E-state index in [1.807, 2.05) is 48.7 Å². The Morgan fingerprint density at radius 1 is 1.12 bits per heavy atom. The maximum atomic E-state index is 13.5. The fraction of sp³-hybridized carbons (Fsp3) is 0.208. The number of amides is 1. The summed E-state index contributed by atoms with van der Waals surface area (Å²) in [5.74, 6) is -0.662. The molecule has 9 heteroatoms. The van der Waals surface area contributed by atoms with Crippen LogP contribution in [-0.2, 0) is 22.5 Å². The highest BCUT2D eigenvalue weighted by molar-refractivity contribution is 7.13. The van der Waals surface area contributed by atoms with Crippen LogP contribution in [0.2, 0.25) is 0 Å². The Hall–Kier alpha value is -3.85. The lowest BCUT2D eigenvalue weighted by Gasteiger charge is -2.29. The number of carbonyl (C=O) groups excluding carboxylic acids is 2. The van der Waals surface area contributed by atoms with Gasteiger partial charge in [0.1, 0.15) is 5.01 Å². The zero-order valence-electron chi connectivity index (χ0n) is 18.2. The topological polar surface area (TPSA) is 98.4 Å². The van der Waals surface area contributed by atoms with Gasteiger partial charge in [0.25, 0.3) is 0 Å². The van der Waals surface area contributed by atoms with E-state index in [4.69, 9.17) is 9.15 Å². The first kappa shape index (κ1) is 22.3. The molecule has 0 aromatic carbocycles. The fourth-order valence-electron chi connectivity index (χ4n) is 3.39. The van der Waals surface area contributed by atoms with E-state index < -0.39 is 5.97 Å². The molecule has 0 aliphatic heterocycles. The lowest BCUT2D eigenvalue weighted by atomic mass is 10.1. The third kappa shape index (κ3) is 5.15. The minimum Gasteiger partial charge on any atom is -0.463 e. The molecule has 8 nitrogen and oxygen atoms in total. The Morgan fingerprint density at radius 2 is 1.91 bits per heavy atom. The summed E-state index contributed by atoms with van der Waals surface area (Å²) < 4.78 is 10.1. The monoisotopic (exact) mass is 462 g/mol. The van der Waals surface area contributed by atoms with Crippen molar-refractivity contribution in [1.29, 1.82) is 0 Å². The van der Waals surface area contributed by atoms with Crippen molar-refractivity contribution in [3.8, 4) is 10.7 Å². The number of furan rings is 1. The van der Waals surface area contributed by atoms with Gasteiger partial charge in [0, 0.05) is 23.3 Å². The second kappa shape index (κ2) is 10.2. The van der Waals surface area contributed by atoms with Crippen LogP contribution in [0, 0.1) is 0 Å². The Kier molecular flexibility index (Phi) is 6.89. The largest absolute Gasteiger partial charge is 0.463 e. The van der Waals surface area contributed by atoms with Gasteiger partial charge in [-0.3, -0.25) is 14.8 Å². The molecule has 0 radical (unpaired) electrons. The molecule has 1 amide bonds. The highest BCUT2D eigenvalue weighted by atomic mass is 32.1. The second-order valence-electron chi connectivity index (χ2n) is 7.25. The second-order valence-corrected chi connectivity index (χ2v) is 8.11. The van der Waals surface area contributed by atoms with E-state index in [0.717, 1.165) is 16.4 Å². The highest BCUT2D eigenvalue weighted by Crippen LogP contribution is 2.26. The van der Waals surface area contributed by atoms with Crippen LogP contribution in [0.3, 0.4) is 0 Å². The van der Waals surface area contributed by atoms with Crippen molar-refractivity contribution in [2.24, 2.45) is 0 Å². The maximum Gasteiger partial charge on any atom is 0.374 e. The van der Waals surface area contributed by atoms with Gasteiger partial charge in [-0.05, 0) is 37.3 Å². The number of hydrogen-bond acceptors (Lipinski definition) is 8. The summed E-state index contributed by atoms with van der Waals surface area (Å²) in [6.45, 7) is 2.06. The van der Waals surface area contributed by atoms with Crippen molar-refractivity contribution < 1.29 is 18.7 Å². The van der Waals surface area contributed by atoms with Crippen molar-refractivity contribution in [3.05, 3.63) is 89.2 Å². The number of ether oxygens (including phenoxy) is 1. The van der Waals surface area contributed by atoms with Crippen LogP contribution in [0.25, 0.3) is 10.7 Å². The van der Waals surface area contributed by atoms with E-state index in [-0.39, 0.29) is 30.7 Å². The molecule has 4 aromatic rings. The smallest absolute Gasteiger partial charge is 0.374 e. The van der Waals surface area contributed by atoms with E-state index in [9.17, 15) is 9.59 Å². The third-order valence-electron chi connectivity index (χ3n) is 5.13. The van der Waals surface area contributed by atoms with Gasteiger partial charge in [-0.15, -0.1) is 11.3 Å². The standard InChI is InChI=1S/C24H22N4O4S/c1-16(19-7-3-5-10-25-19)28(14-17-9-12-32-22(17)24(30)31-2)21(29)13-18-15-33-23(27-18)20-8-4-6-11-26-20/h3-12,15-16H,13-14H2,1-2H3/t16-/m0/s1. The molecular formula is C24H22N4O4S. The number of esters is 1. The van der Waals surface area contributed by atoms with Crippen LogP contribution in [0.1, 0.15) is 40.5 Å². The Morgan fingerprint density at radius 3 is 2.61 bits per heavy atom. The predicted molar refractivity (Wildman–Crippen MR) is 122 cm³/mol. The number of nitrogens with zero attached hydrogens (tertiary/aromatic N) is 4. The van der Waals surface area contributed by atoms with E-state index in [1.165, 1.54) is 24.7 Å². The minimum atomic E-state index is -0.590. The van der Waals surface area contributed by atoms with Gasteiger partial charge >= 0.3 is 5.97 Å². The van der Waals surface area contributed by atoms with E-state index in [1.54, 1.807) is 23.4 Å². The zero-order chi connectivity index (χ0) is 23.2. The fourth-order valence-corrected chi connectivity index (χ4v) is 4.19. The Labute approximate surface area is 194 Å².